The zero-order valence-corrected chi connectivity index (χ0v) is 53.1. The van der Waals surface area contributed by atoms with Crippen molar-refractivity contribution in [3.05, 3.63) is 158 Å². The minimum atomic E-state index is -4.73. The Labute approximate surface area is 497 Å². The number of quaternary nitrogens is 1. The summed E-state index contributed by atoms with van der Waals surface area (Å²) in [6, 6.07) is -0.935. The van der Waals surface area contributed by atoms with Crippen LogP contribution in [0.4, 0.5) is 0 Å². The van der Waals surface area contributed by atoms with Gasteiger partial charge in [-0.25, -0.2) is 0 Å². The Balaban J connectivity index is 5.34. The minimum absolute atomic E-state index is 0.0451. The van der Waals surface area contributed by atoms with E-state index in [-0.39, 0.29) is 31.3 Å². The number of likely N-dealkylation sites (N-methyl/N-ethyl adjacent to an activating group) is 1. The summed E-state index contributed by atoms with van der Waals surface area (Å²) in [4.78, 5) is 40.0. The molecule has 1 amide bonds. The van der Waals surface area contributed by atoms with Gasteiger partial charge in [-0.1, -0.05) is 237 Å². The van der Waals surface area contributed by atoms with Crippen LogP contribution < -0.4 is 10.2 Å². The molecule has 0 heterocycles. The molecule has 9 nitrogen and oxygen atoms in total. The first kappa shape index (κ1) is 76.6. The van der Waals surface area contributed by atoms with Gasteiger partial charge >= 0.3 is 5.97 Å². The molecule has 10 heteroatoms. The molecule has 0 aromatic heterocycles. The molecule has 3 atom stereocenters. The van der Waals surface area contributed by atoms with Gasteiger partial charge in [-0.15, -0.1) is 0 Å². The van der Waals surface area contributed by atoms with Gasteiger partial charge in [0, 0.05) is 12.8 Å². The summed E-state index contributed by atoms with van der Waals surface area (Å²) in [6.07, 6.45) is 86.5. The van der Waals surface area contributed by atoms with E-state index < -0.39 is 26.6 Å². The van der Waals surface area contributed by atoms with E-state index in [2.05, 4.69) is 172 Å². The molecule has 0 aliphatic rings. The second kappa shape index (κ2) is 58.8. The molecule has 0 radical (unpaired) electrons. The summed E-state index contributed by atoms with van der Waals surface area (Å²) in [6.45, 7) is 6.53. The highest BCUT2D eigenvalue weighted by Crippen LogP contribution is 2.38. The van der Waals surface area contributed by atoms with Crippen molar-refractivity contribution < 1.29 is 37.3 Å². The van der Waals surface area contributed by atoms with Crippen LogP contribution in [-0.2, 0) is 27.9 Å². The maximum absolute atomic E-state index is 13.5. The van der Waals surface area contributed by atoms with Crippen LogP contribution in [0.15, 0.2) is 158 Å². The maximum Gasteiger partial charge on any atom is 0.306 e. The zero-order valence-electron chi connectivity index (χ0n) is 52.2. The lowest BCUT2D eigenvalue weighted by Crippen LogP contribution is -2.47. The van der Waals surface area contributed by atoms with Crippen molar-refractivity contribution in [3.63, 3.8) is 0 Å². The average Bonchev–Trinajstić information content (AvgIpc) is 3.44. The van der Waals surface area contributed by atoms with E-state index in [1.165, 1.54) is 44.9 Å². The smallest absolute Gasteiger partial charge is 0.306 e. The van der Waals surface area contributed by atoms with Crippen LogP contribution in [0.1, 0.15) is 226 Å². The number of carbonyl (C=O) groups excluding carboxylic acids is 2. The number of rotatable bonds is 55. The Morgan fingerprint density at radius 2 is 0.790 bits per heavy atom. The van der Waals surface area contributed by atoms with Crippen molar-refractivity contribution in [2.75, 3.05) is 40.9 Å². The molecule has 0 saturated carbocycles. The minimum Gasteiger partial charge on any atom is -0.756 e. The number of allylic oxidation sites excluding steroid dienone is 25. The molecule has 1 N–H and O–H groups in total. The van der Waals surface area contributed by atoms with Gasteiger partial charge in [0.2, 0.25) is 5.91 Å². The number of amides is 1. The highest BCUT2D eigenvalue weighted by Gasteiger charge is 2.27. The van der Waals surface area contributed by atoms with Gasteiger partial charge < -0.3 is 28.5 Å². The SMILES string of the molecule is CC/C=C\C/C=C\C/C=C\C/C=C\C/C=C\C/C=C\CCCCCCC(=O)OC(/C=C/CCCCCCCCCCC)C(COP(=O)([O-])OCC[N+](C)(C)C)NC(=O)CCCC/C=C\C/C=C\C/C=C\C/C=C\C/C=C\C/C=C\CC. The first-order valence-electron chi connectivity index (χ1n) is 31.8. The standard InChI is InChI=1S/C71H117N2O7P/c1-7-10-13-16-19-22-25-27-29-31-33-35-36-38-40-42-44-46-49-52-55-58-61-64-71(75)80-69(62-59-56-53-50-47-24-21-18-15-12-9-3)68(67-79-81(76,77)78-66-65-73(4,5)6)72-70(74)63-60-57-54-51-48-45-43-41-39-37-34-32-30-28-26-23-20-17-14-11-8-2/h10-11,13-14,19-20,22-23,27-30,33-35,37-38,40-41,43-44,46,48,51,59,62,68-69H,7-9,12,15-18,21,24-26,31-32,36,39,42,45,47,49-50,52-58,60-61,63-67H2,1-6H3,(H-,72,74,76,77)/b13-10-,14-11-,22-19-,23-20-,29-27-,30-28-,35-33-,37-34-,40-38-,43-41-,46-44-,51-48-,62-59+. The van der Waals surface area contributed by atoms with Crippen LogP contribution in [0.2, 0.25) is 0 Å². The third-order valence-electron chi connectivity index (χ3n) is 13.0. The number of nitrogens with one attached hydrogen (secondary N) is 1. The molecule has 0 aromatic rings. The van der Waals surface area contributed by atoms with Crippen LogP contribution in [-0.4, -0.2) is 69.4 Å². The van der Waals surface area contributed by atoms with E-state index in [9.17, 15) is 19.0 Å². The monoisotopic (exact) mass is 1140 g/mol. The van der Waals surface area contributed by atoms with E-state index in [0.717, 1.165) is 135 Å². The van der Waals surface area contributed by atoms with Crippen LogP contribution in [0.5, 0.6) is 0 Å². The van der Waals surface area contributed by atoms with Crippen molar-refractivity contribution in [2.45, 2.75) is 238 Å². The predicted molar refractivity (Wildman–Crippen MR) is 348 cm³/mol. The van der Waals surface area contributed by atoms with E-state index in [1.54, 1.807) is 6.08 Å². The molecule has 0 aliphatic heterocycles. The van der Waals surface area contributed by atoms with Gasteiger partial charge in [-0.2, -0.15) is 0 Å². The molecular formula is C71H117N2O7P. The lowest BCUT2D eigenvalue weighted by atomic mass is 10.1. The Hall–Kier alpha value is -4.37. The maximum atomic E-state index is 13.5. The Kier molecular flexibility index (Phi) is 55.6. The molecule has 0 saturated heterocycles. The van der Waals surface area contributed by atoms with Crippen molar-refractivity contribution in [2.24, 2.45) is 0 Å². The third-order valence-corrected chi connectivity index (χ3v) is 13.9. The first-order valence-corrected chi connectivity index (χ1v) is 33.3. The Bertz CT molecular complexity index is 1940. The lowest BCUT2D eigenvalue weighted by molar-refractivity contribution is -0.870. The molecule has 0 bridgehead atoms. The van der Waals surface area contributed by atoms with Crippen molar-refractivity contribution in [3.8, 4) is 0 Å². The number of hydrogen-bond donors (Lipinski definition) is 1. The van der Waals surface area contributed by atoms with E-state index in [4.69, 9.17) is 13.8 Å². The summed E-state index contributed by atoms with van der Waals surface area (Å²) in [5.74, 6) is -0.636. The molecule has 0 aromatic carbocycles. The molecule has 0 aliphatic carbocycles. The summed E-state index contributed by atoms with van der Waals surface area (Å²) >= 11 is 0. The quantitative estimate of drug-likeness (QED) is 0.0212. The van der Waals surface area contributed by atoms with Crippen LogP contribution in [0.25, 0.3) is 0 Å². The van der Waals surface area contributed by atoms with Crippen molar-refractivity contribution in [1.82, 2.24) is 5.32 Å². The normalized spacial score (nSPS) is 14.7. The van der Waals surface area contributed by atoms with Gasteiger partial charge in [0.1, 0.15) is 19.3 Å². The third kappa shape index (κ3) is 60.1. The van der Waals surface area contributed by atoms with Gasteiger partial charge in [0.25, 0.3) is 7.82 Å². The average molecular weight is 1140 g/mol. The number of nitrogens with zero attached hydrogens (tertiary/aromatic N) is 1. The second-order valence-corrected chi connectivity index (χ2v) is 23.2. The number of ether oxygens (including phenoxy) is 1. The number of phosphoric acid groups is 1. The first-order chi connectivity index (χ1) is 39.4. The van der Waals surface area contributed by atoms with Crippen LogP contribution in [0, 0.1) is 0 Å². The fourth-order valence-electron chi connectivity index (χ4n) is 8.11. The fraction of sp³-hybridized carbons (Fsp3) is 0.606. The Morgan fingerprint density at radius 3 is 1.20 bits per heavy atom. The van der Waals surface area contributed by atoms with Crippen LogP contribution >= 0.6 is 7.82 Å². The molecule has 0 fully saturated rings. The number of esters is 1. The van der Waals surface area contributed by atoms with E-state index in [1.807, 2.05) is 27.2 Å². The summed E-state index contributed by atoms with van der Waals surface area (Å²) < 4.78 is 30.3. The lowest BCUT2D eigenvalue weighted by Gasteiger charge is -2.30. The zero-order chi connectivity index (χ0) is 59.3. The molecule has 3 unspecified atom stereocenters. The van der Waals surface area contributed by atoms with Gasteiger partial charge in [0.05, 0.1) is 33.8 Å². The topological polar surface area (TPSA) is 114 Å². The van der Waals surface area contributed by atoms with Crippen molar-refractivity contribution >= 4 is 19.7 Å². The van der Waals surface area contributed by atoms with Gasteiger partial charge in [-0.3, -0.25) is 14.2 Å². The van der Waals surface area contributed by atoms with Gasteiger partial charge in [0.15, 0.2) is 0 Å². The number of phosphoric ester groups is 1. The summed E-state index contributed by atoms with van der Waals surface area (Å²) in [5.41, 5.74) is 0. The molecule has 458 valence electrons. The molecular weight excluding hydrogens is 1020 g/mol. The largest absolute Gasteiger partial charge is 0.756 e. The number of carbonyl (C=O) groups is 2. The number of unbranched alkanes of at least 4 members (excludes halogenated alkanes) is 15. The molecule has 81 heavy (non-hydrogen) atoms. The van der Waals surface area contributed by atoms with E-state index in [0.29, 0.717) is 23.9 Å². The van der Waals surface area contributed by atoms with Gasteiger partial charge in [-0.05, 0) is 134 Å². The predicted octanol–water partition coefficient (Wildman–Crippen LogP) is 19.4. The molecule has 0 spiro atoms. The van der Waals surface area contributed by atoms with Crippen molar-refractivity contribution in [1.29, 1.82) is 0 Å². The second-order valence-electron chi connectivity index (χ2n) is 21.8. The summed E-state index contributed by atoms with van der Waals surface area (Å²) in [7, 11) is 1.11. The number of hydrogen-bond acceptors (Lipinski definition) is 7. The molecule has 0 rings (SSSR count). The fourth-order valence-corrected chi connectivity index (χ4v) is 8.84. The van der Waals surface area contributed by atoms with E-state index >= 15 is 0 Å². The summed E-state index contributed by atoms with van der Waals surface area (Å²) in [5, 5.41) is 2.99. The van der Waals surface area contributed by atoms with Crippen LogP contribution in [0.3, 0.4) is 0 Å². The Morgan fingerprint density at radius 1 is 0.444 bits per heavy atom. The highest BCUT2D eigenvalue weighted by atomic mass is 31.2. The highest BCUT2D eigenvalue weighted by molar-refractivity contribution is 7.45.